The minimum atomic E-state index is 0.742. The van der Waals surface area contributed by atoms with Gasteiger partial charge in [0.2, 0.25) is 0 Å². The number of rotatable bonds is 3. The smallest absolute Gasteiger partial charge is 0.0715 e. The van der Waals surface area contributed by atoms with Crippen molar-refractivity contribution in [1.29, 1.82) is 0 Å². The van der Waals surface area contributed by atoms with Gasteiger partial charge in [0.25, 0.3) is 0 Å². The number of benzene rings is 3. The fourth-order valence-corrected chi connectivity index (χ4v) is 2.93. The maximum absolute atomic E-state index is 5.83. The van der Waals surface area contributed by atoms with E-state index < -0.39 is 0 Å². The Morgan fingerprint density at radius 1 is 0.462 bits per heavy atom. The van der Waals surface area contributed by atoms with Crippen molar-refractivity contribution in [3.05, 3.63) is 91.0 Å². The standard InChI is InChI=1S/C23H19N3/c24-20-10-6-17(7-11-20)22-14-19(16-4-2-1-3-5-16)15-23(26-22)18-8-12-21(25)13-9-18/h1-15H,24-25H2. The summed E-state index contributed by atoms with van der Waals surface area (Å²) in [4.78, 5) is 4.88. The Hall–Kier alpha value is -3.59. The molecule has 3 heteroatoms. The Labute approximate surface area is 153 Å². The van der Waals surface area contributed by atoms with Gasteiger partial charge in [-0.3, -0.25) is 0 Å². The van der Waals surface area contributed by atoms with Gasteiger partial charge in [-0.15, -0.1) is 0 Å². The predicted octanol–water partition coefficient (Wildman–Crippen LogP) is 5.25. The van der Waals surface area contributed by atoms with Crippen LogP contribution in [0.25, 0.3) is 33.6 Å². The normalized spacial score (nSPS) is 10.6. The molecule has 0 saturated heterocycles. The topological polar surface area (TPSA) is 64.9 Å². The summed E-state index contributed by atoms with van der Waals surface area (Å²) in [6, 6.07) is 30.1. The van der Waals surface area contributed by atoms with E-state index in [0.717, 1.165) is 45.0 Å². The second kappa shape index (κ2) is 6.73. The van der Waals surface area contributed by atoms with Gasteiger partial charge in [0.15, 0.2) is 0 Å². The molecule has 4 aromatic rings. The van der Waals surface area contributed by atoms with Crippen molar-refractivity contribution in [2.75, 3.05) is 11.5 Å². The van der Waals surface area contributed by atoms with E-state index in [0.29, 0.717) is 0 Å². The largest absolute Gasteiger partial charge is 0.399 e. The summed E-state index contributed by atoms with van der Waals surface area (Å²) in [5.41, 5.74) is 19.3. The lowest BCUT2D eigenvalue weighted by molar-refractivity contribution is 1.32. The van der Waals surface area contributed by atoms with E-state index in [9.17, 15) is 0 Å². The summed E-state index contributed by atoms with van der Waals surface area (Å²) in [6.45, 7) is 0. The van der Waals surface area contributed by atoms with Crippen molar-refractivity contribution in [3.8, 4) is 33.6 Å². The van der Waals surface area contributed by atoms with Crippen molar-refractivity contribution in [2.45, 2.75) is 0 Å². The zero-order valence-electron chi connectivity index (χ0n) is 14.3. The van der Waals surface area contributed by atoms with Gasteiger partial charge in [0, 0.05) is 22.5 Å². The third-order valence-electron chi connectivity index (χ3n) is 4.35. The van der Waals surface area contributed by atoms with Crippen LogP contribution in [0.5, 0.6) is 0 Å². The summed E-state index contributed by atoms with van der Waals surface area (Å²) in [7, 11) is 0. The van der Waals surface area contributed by atoms with E-state index in [-0.39, 0.29) is 0 Å². The molecule has 4 rings (SSSR count). The van der Waals surface area contributed by atoms with E-state index in [1.807, 2.05) is 66.7 Å². The van der Waals surface area contributed by atoms with Crippen LogP contribution in [-0.2, 0) is 0 Å². The Morgan fingerprint density at radius 3 is 1.38 bits per heavy atom. The Kier molecular flexibility index (Phi) is 4.12. The molecule has 0 aliphatic carbocycles. The lowest BCUT2D eigenvalue weighted by Crippen LogP contribution is -1.92. The molecular formula is C23H19N3. The van der Waals surface area contributed by atoms with Gasteiger partial charge in [-0.2, -0.15) is 0 Å². The Bertz CT molecular complexity index is 958. The van der Waals surface area contributed by atoms with E-state index in [2.05, 4.69) is 24.3 Å². The van der Waals surface area contributed by atoms with Crippen LogP contribution in [0.3, 0.4) is 0 Å². The number of pyridine rings is 1. The average molecular weight is 337 g/mol. The first-order chi connectivity index (χ1) is 12.7. The fraction of sp³-hybridized carbons (Fsp3) is 0. The first kappa shape index (κ1) is 15.9. The van der Waals surface area contributed by atoms with Gasteiger partial charge in [0.05, 0.1) is 11.4 Å². The van der Waals surface area contributed by atoms with E-state index in [1.165, 1.54) is 0 Å². The number of nitrogen functional groups attached to an aromatic ring is 2. The second-order valence-electron chi connectivity index (χ2n) is 6.24. The number of nitrogens with zero attached hydrogens (tertiary/aromatic N) is 1. The van der Waals surface area contributed by atoms with Gasteiger partial charge in [-0.05, 0) is 47.5 Å². The second-order valence-corrected chi connectivity index (χ2v) is 6.24. The quantitative estimate of drug-likeness (QED) is 0.502. The molecule has 3 aromatic carbocycles. The molecule has 26 heavy (non-hydrogen) atoms. The van der Waals surface area contributed by atoms with Crippen LogP contribution in [0.1, 0.15) is 0 Å². The molecular weight excluding hydrogens is 318 g/mol. The third-order valence-corrected chi connectivity index (χ3v) is 4.35. The van der Waals surface area contributed by atoms with E-state index in [4.69, 9.17) is 16.5 Å². The molecule has 0 bridgehead atoms. The summed E-state index contributed by atoms with van der Waals surface area (Å²) in [6.07, 6.45) is 0. The maximum atomic E-state index is 5.83. The minimum Gasteiger partial charge on any atom is -0.399 e. The van der Waals surface area contributed by atoms with Gasteiger partial charge in [-0.1, -0.05) is 54.6 Å². The summed E-state index contributed by atoms with van der Waals surface area (Å²) < 4.78 is 0. The van der Waals surface area contributed by atoms with Crippen LogP contribution in [0.4, 0.5) is 11.4 Å². The van der Waals surface area contributed by atoms with E-state index >= 15 is 0 Å². The summed E-state index contributed by atoms with van der Waals surface area (Å²) in [5.74, 6) is 0. The molecule has 0 spiro atoms. The molecule has 126 valence electrons. The zero-order chi connectivity index (χ0) is 17.9. The Morgan fingerprint density at radius 2 is 0.923 bits per heavy atom. The number of anilines is 2. The van der Waals surface area contributed by atoms with Gasteiger partial charge >= 0.3 is 0 Å². The predicted molar refractivity (Wildman–Crippen MR) is 109 cm³/mol. The van der Waals surface area contributed by atoms with Crippen molar-refractivity contribution < 1.29 is 0 Å². The van der Waals surface area contributed by atoms with Crippen LogP contribution in [-0.4, -0.2) is 4.98 Å². The molecule has 1 heterocycles. The third kappa shape index (κ3) is 3.28. The van der Waals surface area contributed by atoms with Crippen LogP contribution in [0.2, 0.25) is 0 Å². The van der Waals surface area contributed by atoms with Gasteiger partial charge < -0.3 is 11.5 Å². The average Bonchev–Trinajstić information content (AvgIpc) is 2.69. The van der Waals surface area contributed by atoms with Gasteiger partial charge in [0.1, 0.15) is 0 Å². The molecule has 1 aromatic heterocycles. The van der Waals surface area contributed by atoms with Crippen molar-refractivity contribution in [3.63, 3.8) is 0 Å². The van der Waals surface area contributed by atoms with Gasteiger partial charge in [-0.25, -0.2) is 4.98 Å². The van der Waals surface area contributed by atoms with Crippen LogP contribution in [0.15, 0.2) is 91.0 Å². The SMILES string of the molecule is Nc1ccc(-c2cc(-c3ccccc3)cc(-c3ccc(N)cc3)n2)cc1. The molecule has 0 radical (unpaired) electrons. The van der Waals surface area contributed by atoms with Crippen LogP contribution >= 0.6 is 0 Å². The molecule has 0 fully saturated rings. The fourth-order valence-electron chi connectivity index (χ4n) is 2.93. The molecule has 4 N–H and O–H groups in total. The highest BCUT2D eigenvalue weighted by Gasteiger charge is 2.09. The first-order valence-corrected chi connectivity index (χ1v) is 8.48. The number of nitrogens with two attached hydrogens (primary N) is 2. The zero-order valence-corrected chi connectivity index (χ0v) is 14.3. The van der Waals surface area contributed by atoms with Crippen molar-refractivity contribution in [1.82, 2.24) is 4.98 Å². The van der Waals surface area contributed by atoms with Crippen LogP contribution in [0, 0.1) is 0 Å². The molecule has 0 aliphatic heterocycles. The molecule has 0 saturated carbocycles. The Balaban J connectivity index is 1.89. The highest BCUT2D eigenvalue weighted by molar-refractivity contribution is 5.77. The maximum Gasteiger partial charge on any atom is 0.0715 e. The molecule has 0 aliphatic rings. The number of hydrogen-bond donors (Lipinski definition) is 2. The highest BCUT2D eigenvalue weighted by atomic mass is 14.7. The summed E-state index contributed by atoms with van der Waals surface area (Å²) in [5, 5.41) is 0. The molecule has 0 amide bonds. The minimum absolute atomic E-state index is 0.742. The number of hydrogen-bond acceptors (Lipinski definition) is 3. The monoisotopic (exact) mass is 337 g/mol. The highest BCUT2D eigenvalue weighted by Crippen LogP contribution is 2.30. The molecule has 3 nitrogen and oxygen atoms in total. The summed E-state index contributed by atoms with van der Waals surface area (Å²) >= 11 is 0. The lowest BCUT2D eigenvalue weighted by atomic mass is 10.00. The van der Waals surface area contributed by atoms with E-state index in [1.54, 1.807) is 0 Å². The first-order valence-electron chi connectivity index (χ1n) is 8.48. The van der Waals surface area contributed by atoms with Crippen molar-refractivity contribution in [2.24, 2.45) is 0 Å². The number of aromatic nitrogens is 1. The lowest BCUT2D eigenvalue weighted by Gasteiger charge is -2.10. The van der Waals surface area contributed by atoms with Crippen LogP contribution < -0.4 is 11.5 Å². The molecule has 0 atom stereocenters. The molecule has 0 unspecified atom stereocenters. The van der Waals surface area contributed by atoms with Crippen molar-refractivity contribution >= 4 is 11.4 Å².